The molecule has 0 aliphatic carbocycles. The van der Waals surface area contributed by atoms with Crippen molar-refractivity contribution in [1.82, 2.24) is 5.32 Å². The maximum Gasteiger partial charge on any atom is 0.240 e. The van der Waals surface area contributed by atoms with Gasteiger partial charge in [-0.3, -0.25) is 9.59 Å². The zero-order chi connectivity index (χ0) is 17.2. The Bertz CT molecular complexity index is 824. The van der Waals surface area contributed by atoms with E-state index in [1.807, 2.05) is 48.5 Å². The molecule has 0 spiro atoms. The van der Waals surface area contributed by atoms with E-state index < -0.39 is 0 Å². The maximum atomic E-state index is 12.6. The van der Waals surface area contributed by atoms with Gasteiger partial charge in [-0.25, -0.2) is 0 Å². The van der Waals surface area contributed by atoms with Gasteiger partial charge in [-0.1, -0.05) is 30.3 Å². The molecule has 5 nitrogen and oxygen atoms in total. The van der Waals surface area contributed by atoms with Crippen molar-refractivity contribution in [1.29, 1.82) is 0 Å². The second kappa shape index (κ2) is 6.80. The van der Waals surface area contributed by atoms with Crippen LogP contribution in [0.15, 0.2) is 53.4 Å². The number of amides is 2. The van der Waals surface area contributed by atoms with E-state index in [0.717, 1.165) is 28.3 Å². The van der Waals surface area contributed by atoms with Gasteiger partial charge in [0.25, 0.3) is 0 Å². The molecular formula is C19H18N2O3S. The van der Waals surface area contributed by atoms with Gasteiger partial charge in [0.15, 0.2) is 0 Å². The van der Waals surface area contributed by atoms with Crippen LogP contribution in [-0.4, -0.2) is 30.7 Å². The van der Waals surface area contributed by atoms with Crippen LogP contribution in [0.2, 0.25) is 0 Å². The number of fused-ring (bicyclic) bond motifs is 2. The van der Waals surface area contributed by atoms with Crippen LogP contribution in [0.1, 0.15) is 18.0 Å². The van der Waals surface area contributed by atoms with Crippen molar-refractivity contribution in [2.24, 2.45) is 0 Å². The Hall–Kier alpha value is -2.47. The van der Waals surface area contributed by atoms with Crippen LogP contribution in [0.5, 0.6) is 5.75 Å². The van der Waals surface area contributed by atoms with Crippen molar-refractivity contribution < 1.29 is 14.3 Å². The molecular weight excluding hydrogens is 336 g/mol. The maximum absolute atomic E-state index is 12.6. The number of hydrogen-bond donors (Lipinski definition) is 1. The summed E-state index contributed by atoms with van der Waals surface area (Å²) in [7, 11) is 0. The molecule has 0 saturated carbocycles. The van der Waals surface area contributed by atoms with Gasteiger partial charge in [-0.05, 0) is 18.2 Å². The van der Waals surface area contributed by atoms with Gasteiger partial charge in [0, 0.05) is 16.9 Å². The van der Waals surface area contributed by atoms with Crippen molar-refractivity contribution in [3.8, 4) is 5.75 Å². The monoisotopic (exact) mass is 354 g/mol. The summed E-state index contributed by atoms with van der Waals surface area (Å²) in [5.74, 6) is 0.988. The Labute approximate surface area is 150 Å². The minimum Gasteiger partial charge on any atom is -0.493 e. The van der Waals surface area contributed by atoms with E-state index in [4.69, 9.17) is 4.74 Å². The number of nitrogens with zero attached hydrogens (tertiary/aromatic N) is 1. The lowest BCUT2D eigenvalue weighted by Gasteiger charge is -2.30. The number of thioether (sulfide) groups is 1. The van der Waals surface area contributed by atoms with Gasteiger partial charge in [-0.15, -0.1) is 11.8 Å². The lowest BCUT2D eigenvalue weighted by atomic mass is 10.0. The molecule has 25 heavy (non-hydrogen) atoms. The lowest BCUT2D eigenvalue weighted by molar-refractivity contribution is -0.123. The molecule has 4 rings (SSSR count). The van der Waals surface area contributed by atoms with Gasteiger partial charge in [0.05, 0.1) is 24.1 Å². The van der Waals surface area contributed by atoms with Gasteiger partial charge in [0.1, 0.15) is 12.3 Å². The highest BCUT2D eigenvalue weighted by Crippen LogP contribution is 2.35. The summed E-state index contributed by atoms with van der Waals surface area (Å²) in [6.45, 7) is 0.611. The molecule has 1 atom stereocenters. The second-order valence-corrected chi connectivity index (χ2v) is 7.05. The van der Waals surface area contributed by atoms with Gasteiger partial charge in [-0.2, -0.15) is 0 Å². The molecule has 1 unspecified atom stereocenters. The van der Waals surface area contributed by atoms with E-state index in [1.54, 1.807) is 4.90 Å². The van der Waals surface area contributed by atoms with Crippen LogP contribution in [0.3, 0.4) is 0 Å². The highest BCUT2D eigenvalue weighted by atomic mass is 32.2. The number of nitrogens with one attached hydrogen (secondary N) is 1. The molecule has 2 amide bonds. The number of carbonyl (C=O) groups excluding carboxylic acids is 2. The average Bonchev–Trinajstić information content (AvgIpc) is 2.64. The molecule has 0 aromatic heterocycles. The fourth-order valence-corrected chi connectivity index (χ4v) is 4.14. The van der Waals surface area contributed by atoms with Crippen LogP contribution >= 0.6 is 11.8 Å². The topological polar surface area (TPSA) is 58.6 Å². The summed E-state index contributed by atoms with van der Waals surface area (Å²) in [6, 6.07) is 15.4. The molecule has 2 aromatic rings. The number of hydrogen-bond acceptors (Lipinski definition) is 4. The molecule has 0 bridgehead atoms. The number of anilines is 1. The SMILES string of the molecule is O=C(CN1C(=O)CSc2ccccc21)NC1CCOc2ccccc21. The number of para-hydroxylation sites is 2. The molecule has 6 heteroatoms. The molecule has 2 heterocycles. The summed E-state index contributed by atoms with van der Waals surface area (Å²) in [4.78, 5) is 27.5. The Balaban J connectivity index is 1.49. The first-order valence-corrected chi connectivity index (χ1v) is 9.24. The first-order valence-electron chi connectivity index (χ1n) is 8.25. The lowest BCUT2D eigenvalue weighted by Crippen LogP contribution is -2.44. The van der Waals surface area contributed by atoms with Crippen LogP contribution in [0, 0.1) is 0 Å². The fraction of sp³-hybridized carbons (Fsp3) is 0.263. The number of carbonyl (C=O) groups is 2. The van der Waals surface area contributed by atoms with Crippen LogP contribution < -0.4 is 15.0 Å². The van der Waals surface area contributed by atoms with E-state index in [2.05, 4.69) is 5.32 Å². The Morgan fingerprint density at radius 3 is 2.92 bits per heavy atom. The van der Waals surface area contributed by atoms with Crippen molar-refractivity contribution in [2.45, 2.75) is 17.4 Å². The van der Waals surface area contributed by atoms with Crippen LogP contribution in [-0.2, 0) is 9.59 Å². The molecule has 0 fully saturated rings. The van der Waals surface area contributed by atoms with E-state index in [9.17, 15) is 9.59 Å². The zero-order valence-electron chi connectivity index (χ0n) is 13.6. The van der Waals surface area contributed by atoms with Crippen molar-refractivity contribution in [3.63, 3.8) is 0 Å². The predicted octanol–water partition coefficient (Wildman–Crippen LogP) is 2.77. The van der Waals surface area contributed by atoms with Crippen LogP contribution in [0.4, 0.5) is 5.69 Å². The standard InChI is InChI=1S/C19H18N2O3S/c22-18(20-14-9-10-24-16-7-3-1-5-13(14)16)11-21-15-6-2-4-8-17(15)25-12-19(21)23/h1-8,14H,9-12H2,(H,20,22). The molecule has 1 N–H and O–H groups in total. The fourth-order valence-electron chi connectivity index (χ4n) is 3.20. The van der Waals surface area contributed by atoms with E-state index in [1.165, 1.54) is 11.8 Å². The summed E-state index contributed by atoms with van der Waals surface area (Å²) in [6.07, 6.45) is 0.725. The highest BCUT2D eigenvalue weighted by Gasteiger charge is 2.28. The summed E-state index contributed by atoms with van der Waals surface area (Å²) < 4.78 is 5.63. The minimum absolute atomic E-state index is 0.0359. The first-order chi connectivity index (χ1) is 12.2. The second-order valence-electron chi connectivity index (χ2n) is 6.03. The summed E-state index contributed by atoms with van der Waals surface area (Å²) in [5.41, 5.74) is 1.80. The molecule has 0 saturated heterocycles. The first kappa shape index (κ1) is 16.0. The van der Waals surface area contributed by atoms with Gasteiger partial charge in [0.2, 0.25) is 11.8 Å². The number of benzene rings is 2. The zero-order valence-corrected chi connectivity index (χ0v) is 14.4. The quantitative estimate of drug-likeness (QED) is 0.921. The third-order valence-corrected chi connectivity index (χ3v) is 5.45. The largest absolute Gasteiger partial charge is 0.493 e. The average molecular weight is 354 g/mol. The Morgan fingerprint density at radius 1 is 1.20 bits per heavy atom. The minimum atomic E-state index is -0.156. The Morgan fingerprint density at radius 2 is 2.00 bits per heavy atom. The molecule has 2 aromatic carbocycles. The van der Waals surface area contributed by atoms with Crippen molar-refractivity contribution in [2.75, 3.05) is 23.8 Å². The van der Waals surface area contributed by atoms with Gasteiger partial charge < -0.3 is 15.0 Å². The Kier molecular flexibility index (Phi) is 4.36. The normalized spacial score (nSPS) is 18.8. The molecule has 0 radical (unpaired) electrons. The van der Waals surface area contributed by atoms with Crippen molar-refractivity contribution >= 4 is 29.3 Å². The number of rotatable bonds is 3. The molecule has 2 aliphatic heterocycles. The van der Waals surface area contributed by atoms with E-state index in [0.29, 0.717) is 12.4 Å². The summed E-state index contributed by atoms with van der Waals surface area (Å²) >= 11 is 1.51. The van der Waals surface area contributed by atoms with Crippen molar-refractivity contribution in [3.05, 3.63) is 54.1 Å². The smallest absolute Gasteiger partial charge is 0.240 e. The number of ether oxygens (including phenoxy) is 1. The van der Waals surface area contributed by atoms with Crippen LogP contribution in [0.25, 0.3) is 0 Å². The van der Waals surface area contributed by atoms with E-state index in [-0.39, 0.29) is 24.4 Å². The molecule has 128 valence electrons. The summed E-state index contributed by atoms with van der Waals surface area (Å²) in [5, 5.41) is 3.05. The molecule has 2 aliphatic rings. The van der Waals surface area contributed by atoms with Gasteiger partial charge >= 0.3 is 0 Å². The highest BCUT2D eigenvalue weighted by molar-refractivity contribution is 8.00. The third-order valence-electron chi connectivity index (χ3n) is 4.40. The predicted molar refractivity (Wildman–Crippen MR) is 97.0 cm³/mol. The third kappa shape index (κ3) is 3.22. The van der Waals surface area contributed by atoms with E-state index >= 15 is 0 Å².